The van der Waals surface area contributed by atoms with Crippen molar-refractivity contribution in [2.75, 3.05) is 50.7 Å². The molecule has 0 spiro atoms. The van der Waals surface area contributed by atoms with Gasteiger partial charge in [0.2, 0.25) is 5.91 Å². The fourth-order valence-corrected chi connectivity index (χ4v) is 3.11. The number of aliphatic hydroxyl groups excluding tert-OH is 1. The largest absolute Gasteiger partial charge is 0.392 e. The highest BCUT2D eigenvalue weighted by molar-refractivity contribution is 5.78. The predicted molar refractivity (Wildman–Crippen MR) is 82.5 cm³/mol. The number of aromatic nitrogens is 2. The van der Waals surface area contributed by atoms with Crippen LogP contribution in [0, 0.1) is 0 Å². The number of amides is 1. The van der Waals surface area contributed by atoms with Crippen molar-refractivity contribution in [1.29, 1.82) is 0 Å². The van der Waals surface area contributed by atoms with Crippen LogP contribution in [-0.4, -0.2) is 82.7 Å². The minimum absolute atomic E-state index is 0.160. The van der Waals surface area contributed by atoms with Crippen molar-refractivity contribution in [2.45, 2.75) is 18.9 Å². The third-order valence-corrected chi connectivity index (χ3v) is 4.35. The van der Waals surface area contributed by atoms with Gasteiger partial charge < -0.3 is 14.9 Å². The summed E-state index contributed by atoms with van der Waals surface area (Å²) in [6.45, 7) is 4.94. The highest BCUT2D eigenvalue weighted by Crippen LogP contribution is 2.13. The van der Waals surface area contributed by atoms with Crippen LogP contribution in [0.2, 0.25) is 0 Å². The lowest BCUT2D eigenvalue weighted by Crippen LogP contribution is -2.52. The van der Waals surface area contributed by atoms with E-state index in [-0.39, 0.29) is 12.0 Å². The Morgan fingerprint density at radius 2 is 2.05 bits per heavy atom. The normalized spacial score (nSPS) is 23.6. The lowest BCUT2D eigenvalue weighted by Gasteiger charge is -2.37. The van der Waals surface area contributed by atoms with E-state index in [1.54, 1.807) is 18.6 Å². The predicted octanol–water partition coefficient (Wildman–Crippen LogP) is -0.418. The number of nitrogens with zero attached hydrogens (tertiary/aromatic N) is 5. The topological polar surface area (TPSA) is 72.8 Å². The zero-order valence-corrected chi connectivity index (χ0v) is 12.8. The van der Waals surface area contributed by atoms with Gasteiger partial charge in [0.15, 0.2) is 0 Å². The number of β-amino-alcohol motifs (C(OH)–C–C–N with tert-alkyl or cyclic N) is 1. The monoisotopic (exact) mass is 305 g/mol. The molecule has 0 aliphatic carbocycles. The van der Waals surface area contributed by atoms with Crippen molar-refractivity contribution in [3.05, 3.63) is 18.6 Å². The molecule has 1 unspecified atom stereocenters. The van der Waals surface area contributed by atoms with Crippen LogP contribution >= 0.6 is 0 Å². The molecule has 7 heteroatoms. The maximum Gasteiger partial charge on any atom is 0.236 e. The molecule has 0 aromatic carbocycles. The summed E-state index contributed by atoms with van der Waals surface area (Å²) in [4.78, 5) is 26.9. The molecule has 3 rings (SSSR count). The number of rotatable bonds is 3. The second-order valence-corrected chi connectivity index (χ2v) is 5.96. The van der Waals surface area contributed by atoms with E-state index in [2.05, 4.69) is 19.8 Å². The number of likely N-dealkylation sites (tertiary alicyclic amines) is 1. The Labute approximate surface area is 130 Å². The molecule has 1 aromatic rings. The summed E-state index contributed by atoms with van der Waals surface area (Å²) in [7, 11) is 0. The number of anilines is 1. The summed E-state index contributed by atoms with van der Waals surface area (Å²) in [5, 5.41) is 9.68. The van der Waals surface area contributed by atoms with E-state index in [1.807, 2.05) is 4.90 Å². The van der Waals surface area contributed by atoms with E-state index in [1.165, 1.54) is 0 Å². The van der Waals surface area contributed by atoms with Crippen LogP contribution in [-0.2, 0) is 4.79 Å². The second kappa shape index (κ2) is 7.02. The molecule has 1 atom stereocenters. The third kappa shape index (κ3) is 3.72. The molecule has 3 heterocycles. The zero-order valence-electron chi connectivity index (χ0n) is 12.8. The van der Waals surface area contributed by atoms with Gasteiger partial charge in [-0.2, -0.15) is 0 Å². The van der Waals surface area contributed by atoms with Gasteiger partial charge in [0, 0.05) is 45.1 Å². The Balaban J connectivity index is 1.47. The van der Waals surface area contributed by atoms with Gasteiger partial charge in [-0.15, -0.1) is 0 Å². The minimum Gasteiger partial charge on any atom is -0.392 e. The van der Waals surface area contributed by atoms with E-state index in [4.69, 9.17) is 0 Å². The van der Waals surface area contributed by atoms with Gasteiger partial charge in [0.05, 0.1) is 18.8 Å². The average molecular weight is 305 g/mol. The Bertz CT molecular complexity index is 490. The summed E-state index contributed by atoms with van der Waals surface area (Å²) in [5.74, 6) is 1.03. The maximum atomic E-state index is 12.4. The molecule has 2 aliphatic rings. The van der Waals surface area contributed by atoms with Gasteiger partial charge in [-0.1, -0.05) is 0 Å². The van der Waals surface area contributed by atoms with Crippen molar-refractivity contribution < 1.29 is 9.90 Å². The summed E-state index contributed by atoms with van der Waals surface area (Å²) >= 11 is 0. The number of carbonyl (C=O) groups is 1. The number of piperidine rings is 1. The molecule has 2 fully saturated rings. The summed E-state index contributed by atoms with van der Waals surface area (Å²) in [6.07, 6.45) is 6.64. The molecule has 0 bridgehead atoms. The van der Waals surface area contributed by atoms with Crippen molar-refractivity contribution in [2.24, 2.45) is 0 Å². The minimum atomic E-state index is -0.282. The van der Waals surface area contributed by atoms with E-state index in [0.717, 1.165) is 38.3 Å². The summed E-state index contributed by atoms with van der Waals surface area (Å²) in [5.41, 5.74) is 0. The van der Waals surface area contributed by atoms with E-state index < -0.39 is 0 Å². The first kappa shape index (κ1) is 15.2. The Morgan fingerprint density at radius 3 is 2.73 bits per heavy atom. The maximum absolute atomic E-state index is 12.4. The number of piperazine rings is 1. The van der Waals surface area contributed by atoms with E-state index in [0.29, 0.717) is 26.2 Å². The molecule has 1 N–H and O–H groups in total. The van der Waals surface area contributed by atoms with Crippen molar-refractivity contribution in [3.63, 3.8) is 0 Å². The first-order valence-electron chi connectivity index (χ1n) is 7.91. The zero-order chi connectivity index (χ0) is 15.4. The molecule has 120 valence electrons. The highest BCUT2D eigenvalue weighted by atomic mass is 16.3. The smallest absolute Gasteiger partial charge is 0.236 e. The van der Waals surface area contributed by atoms with Crippen LogP contribution < -0.4 is 4.90 Å². The molecule has 0 saturated carbocycles. The van der Waals surface area contributed by atoms with E-state index in [9.17, 15) is 9.90 Å². The summed E-state index contributed by atoms with van der Waals surface area (Å²) < 4.78 is 0. The first-order valence-corrected chi connectivity index (χ1v) is 7.91. The Hall–Kier alpha value is -1.73. The Morgan fingerprint density at radius 1 is 1.23 bits per heavy atom. The van der Waals surface area contributed by atoms with Gasteiger partial charge in [-0.05, 0) is 19.4 Å². The fraction of sp³-hybridized carbons (Fsp3) is 0.667. The van der Waals surface area contributed by atoms with E-state index >= 15 is 0 Å². The molecule has 2 aliphatic heterocycles. The molecule has 22 heavy (non-hydrogen) atoms. The van der Waals surface area contributed by atoms with Crippen molar-refractivity contribution in [3.8, 4) is 0 Å². The molecular formula is C15H23N5O2. The second-order valence-electron chi connectivity index (χ2n) is 5.96. The highest BCUT2D eigenvalue weighted by Gasteiger charge is 2.25. The quantitative estimate of drug-likeness (QED) is 0.818. The number of carbonyl (C=O) groups excluding carboxylic acids is 1. The SMILES string of the molecule is O=C(CN1CCCC(O)C1)N1CCN(c2cnccn2)CC1. The molecular weight excluding hydrogens is 282 g/mol. The number of aliphatic hydroxyl groups is 1. The molecule has 1 amide bonds. The number of hydrogen-bond acceptors (Lipinski definition) is 6. The lowest BCUT2D eigenvalue weighted by molar-refractivity contribution is -0.133. The van der Waals surface area contributed by atoms with Crippen LogP contribution in [0.3, 0.4) is 0 Å². The molecule has 0 radical (unpaired) electrons. The van der Waals surface area contributed by atoms with Crippen LogP contribution in [0.1, 0.15) is 12.8 Å². The van der Waals surface area contributed by atoms with Gasteiger partial charge in [-0.25, -0.2) is 4.98 Å². The average Bonchev–Trinajstić information content (AvgIpc) is 2.56. The standard InChI is InChI=1S/C15H23N5O2/c21-13-2-1-5-18(11-13)12-15(22)20-8-6-19(7-9-20)14-10-16-3-4-17-14/h3-4,10,13,21H,1-2,5-9,11-12H2. The molecule has 7 nitrogen and oxygen atoms in total. The van der Waals surface area contributed by atoms with Crippen molar-refractivity contribution in [1.82, 2.24) is 19.8 Å². The van der Waals surface area contributed by atoms with Crippen LogP contribution in [0.4, 0.5) is 5.82 Å². The van der Waals surface area contributed by atoms with Crippen LogP contribution in [0.5, 0.6) is 0 Å². The molecule has 2 saturated heterocycles. The van der Waals surface area contributed by atoms with Gasteiger partial charge in [0.1, 0.15) is 5.82 Å². The lowest BCUT2D eigenvalue weighted by atomic mass is 10.1. The number of hydrogen-bond donors (Lipinski definition) is 1. The Kier molecular flexibility index (Phi) is 4.84. The summed E-state index contributed by atoms with van der Waals surface area (Å²) in [6, 6.07) is 0. The van der Waals surface area contributed by atoms with Gasteiger partial charge in [-0.3, -0.25) is 14.7 Å². The van der Waals surface area contributed by atoms with Crippen LogP contribution in [0.15, 0.2) is 18.6 Å². The van der Waals surface area contributed by atoms with Gasteiger partial charge in [0.25, 0.3) is 0 Å². The third-order valence-electron chi connectivity index (χ3n) is 4.35. The fourth-order valence-electron chi connectivity index (χ4n) is 3.11. The van der Waals surface area contributed by atoms with Crippen molar-refractivity contribution >= 4 is 11.7 Å². The van der Waals surface area contributed by atoms with Gasteiger partial charge >= 0.3 is 0 Å². The van der Waals surface area contributed by atoms with Crippen LogP contribution in [0.25, 0.3) is 0 Å². The molecule has 1 aromatic heterocycles. The first-order chi connectivity index (χ1) is 10.7.